The second-order valence-electron chi connectivity index (χ2n) is 5.57. The Bertz CT molecular complexity index is 806. The molecule has 0 saturated heterocycles. The lowest BCUT2D eigenvalue weighted by atomic mass is 10.0. The van der Waals surface area contributed by atoms with E-state index >= 15 is 0 Å². The molecule has 0 unspecified atom stereocenters. The van der Waals surface area contributed by atoms with Gasteiger partial charge in [0, 0.05) is 28.8 Å². The highest BCUT2D eigenvalue weighted by molar-refractivity contribution is 6.37. The normalized spacial score (nSPS) is 15.5. The summed E-state index contributed by atoms with van der Waals surface area (Å²) in [4.78, 5) is 12.3. The van der Waals surface area contributed by atoms with E-state index < -0.39 is 0 Å². The predicted octanol–water partition coefficient (Wildman–Crippen LogP) is 4.34. The quantitative estimate of drug-likeness (QED) is 0.829. The molecule has 22 heavy (non-hydrogen) atoms. The number of carbonyl (C=O) groups is 1. The van der Waals surface area contributed by atoms with Gasteiger partial charge in [-0.25, -0.2) is 0 Å². The fourth-order valence-electron chi connectivity index (χ4n) is 2.55. The average Bonchev–Trinajstić information content (AvgIpc) is 2.90. The van der Waals surface area contributed by atoms with Gasteiger partial charge in [-0.1, -0.05) is 43.1 Å². The first-order chi connectivity index (χ1) is 10.4. The number of amides is 1. The molecule has 4 nitrogen and oxygen atoms in total. The van der Waals surface area contributed by atoms with Gasteiger partial charge in [0.05, 0.1) is 11.4 Å². The van der Waals surface area contributed by atoms with Crippen molar-refractivity contribution in [1.82, 2.24) is 9.78 Å². The van der Waals surface area contributed by atoms with E-state index in [1.807, 2.05) is 19.9 Å². The van der Waals surface area contributed by atoms with Crippen LogP contribution in [-0.2, 0) is 11.8 Å². The maximum Gasteiger partial charge on any atom is 0.256 e. The first kappa shape index (κ1) is 15.1. The second-order valence-corrected chi connectivity index (χ2v) is 6.36. The monoisotopic (exact) mass is 335 g/mol. The number of hydrogen-bond acceptors (Lipinski definition) is 2. The molecule has 1 N–H and O–H groups in total. The van der Waals surface area contributed by atoms with Crippen LogP contribution in [0.1, 0.15) is 36.6 Å². The van der Waals surface area contributed by atoms with Crippen molar-refractivity contribution in [2.24, 2.45) is 7.05 Å². The van der Waals surface area contributed by atoms with Crippen molar-refractivity contribution < 1.29 is 4.79 Å². The van der Waals surface area contributed by atoms with E-state index in [2.05, 4.69) is 10.4 Å². The van der Waals surface area contributed by atoms with Crippen LogP contribution < -0.4 is 5.32 Å². The first-order valence-corrected chi connectivity index (χ1v) is 7.69. The van der Waals surface area contributed by atoms with Crippen LogP contribution in [0.3, 0.4) is 0 Å². The van der Waals surface area contributed by atoms with Crippen LogP contribution in [0.15, 0.2) is 18.2 Å². The summed E-state index contributed by atoms with van der Waals surface area (Å²) in [5.74, 6) is 0.0478. The molecule has 0 fully saturated rings. The Labute approximate surface area is 138 Å². The lowest BCUT2D eigenvalue weighted by Gasteiger charge is -2.03. The van der Waals surface area contributed by atoms with Crippen molar-refractivity contribution in [3.63, 3.8) is 0 Å². The van der Waals surface area contributed by atoms with Crippen molar-refractivity contribution >= 4 is 46.4 Å². The van der Waals surface area contributed by atoms with Crippen LogP contribution in [0, 0.1) is 0 Å². The molecule has 1 amide bonds. The third-order valence-electron chi connectivity index (χ3n) is 3.64. The minimum atomic E-state index is -0.160. The van der Waals surface area contributed by atoms with Crippen molar-refractivity contribution in [1.29, 1.82) is 0 Å². The summed E-state index contributed by atoms with van der Waals surface area (Å²) in [7, 11) is 1.79. The third kappa shape index (κ3) is 2.42. The molecular formula is C16H15Cl2N3O. The van der Waals surface area contributed by atoms with E-state index in [1.54, 1.807) is 29.9 Å². The van der Waals surface area contributed by atoms with Crippen LogP contribution in [0.2, 0.25) is 10.2 Å². The molecule has 0 radical (unpaired) electrons. The van der Waals surface area contributed by atoms with Crippen LogP contribution in [0.5, 0.6) is 0 Å². The largest absolute Gasteiger partial charge is 0.321 e. The number of hydrogen-bond donors (Lipinski definition) is 1. The maximum atomic E-state index is 12.3. The Balaban J connectivity index is 2.17. The zero-order chi connectivity index (χ0) is 16.0. The summed E-state index contributed by atoms with van der Waals surface area (Å²) in [5.41, 5.74) is 3.77. The van der Waals surface area contributed by atoms with Crippen molar-refractivity contribution in [3.05, 3.63) is 45.2 Å². The van der Waals surface area contributed by atoms with Crippen LogP contribution >= 0.6 is 23.2 Å². The Morgan fingerprint density at radius 1 is 1.32 bits per heavy atom. The number of nitrogens with one attached hydrogen (secondary N) is 1. The molecule has 2 aromatic rings. The fraction of sp³-hybridized carbons (Fsp3) is 0.250. The zero-order valence-corrected chi connectivity index (χ0v) is 14.0. The zero-order valence-electron chi connectivity index (χ0n) is 12.4. The first-order valence-electron chi connectivity index (χ1n) is 6.94. The number of fused-ring (bicyclic) bond motifs is 1. The van der Waals surface area contributed by atoms with Gasteiger partial charge in [0.2, 0.25) is 0 Å². The van der Waals surface area contributed by atoms with Gasteiger partial charge < -0.3 is 5.32 Å². The van der Waals surface area contributed by atoms with E-state index in [-0.39, 0.29) is 11.8 Å². The fourth-order valence-corrected chi connectivity index (χ4v) is 2.91. The number of aryl methyl sites for hydroxylation is 1. The van der Waals surface area contributed by atoms with Crippen LogP contribution in [0.4, 0.5) is 5.69 Å². The van der Waals surface area contributed by atoms with E-state index in [0.717, 1.165) is 22.5 Å². The van der Waals surface area contributed by atoms with Gasteiger partial charge in [0.15, 0.2) is 0 Å². The highest BCUT2D eigenvalue weighted by Crippen LogP contribution is 2.37. The number of anilines is 1. The highest BCUT2D eigenvalue weighted by Gasteiger charge is 2.26. The average molecular weight is 336 g/mol. The number of aromatic nitrogens is 2. The summed E-state index contributed by atoms with van der Waals surface area (Å²) >= 11 is 12.3. The summed E-state index contributed by atoms with van der Waals surface area (Å²) in [6.07, 6.45) is 1.81. The number of benzene rings is 1. The molecule has 0 aliphatic carbocycles. The predicted molar refractivity (Wildman–Crippen MR) is 90.3 cm³/mol. The van der Waals surface area contributed by atoms with Gasteiger partial charge >= 0.3 is 0 Å². The summed E-state index contributed by atoms with van der Waals surface area (Å²) < 4.78 is 1.62. The van der Waals surface area contributed by atoms with Gasteiger partial charge in [-0.2, -0.15) is 5.10 Å². The maximum absolute atomic E-state index is 12.3. The molecule has 1 aliphatic heterocycles. The molecule has 0 saturated carbocycles. The number of halogens is 2. The summed E-state index contributed by atoms with van der Waals surface area (Å²) in [6, 6.07) is 5.34. The van der Waals surface area contributed by atoms with Crippen LogP contribution in [0.25, 0.3) is 11.6 Å². The topological polar surface area (TPSA) is 46.9 Å². The van der Waals surface area contributed by atoms with Gasteiger partial charge in [-0.05, 0) is 24.1 Å². The molecular weight excluding hydrogens is 321 g/mol. The minimum Gasteiger partial charge on any atom is -0.321 e. The molecule has 6 heteroatoms. The van der Waals surface area contributed by atoms with E-state index in [4.69, 9.17) is 23.2 Å². The molecule has 0 atom stereocenters. The molecule has 114 valence electrons. The standard InChI is InChI=1S/C16H15Cl2N3O/c1-8(2)14-12(15(18)21(3)20-14)7-11-10-5-4-9(17)6-13(10)19-16(11)22/h4-8H,1-3H3,(H,19,22). The van der Waals surface area contributed by atoms with Gasteiger partial charge in [0.25, 0.3) is 5.91 Å². The Morgan fingerprint density at radius 2 is 2.05 bits per heavy atom. The number of nitrogens with zero attached hydrogens (tertiary/aromatic N) is 2. The van der Waals surface area contributed by atoms with E-state index in [0.29, 0.717) is 15.7 Å². The molecule has 0 bridgehead atoms. The Morgan fingerprint density at radius 3 is 2.73 bits per heavy atom. The molecule has 3 rings (SSSR count). The lowest BCUT2D eigenvalue weighted by Crippen LogP contribution is -2.03. The molecule has 1 aromatic carbocycles. The smallest absolute Gasteiger partial charge is 0.256 e. The Hall–Kier alpha value is -1.78. The molecule has 2 heterocycles. The number of carbonyl (C=O) groups excluding carboxylic acids is 1. The third-order valence-corrected chi connectivity index (χ3v) is 4.32. The molecule has 0 spiro atoms. The minimum absolute atomic E-state index is 0.160. The van der Waals surface area contributed by atoms with Crippen molar-refractivity contribution in [2.45, 2.75) is 19.8 Å². The van der Waals surface area contributed by atoms with E-state index in [9.17, 15) is 4.79 Å². The van der Waals surface area contributed by atoms with E-state index in [1.165, 1.54) is 0 Å². The molecule has 1 aromatic heterocycles. The number of rotatable bonds is 2. The highest BCUT2D eigenvalue weighted by atomic mass is 35.5. The molecule has 1 aliphatic rings. The second kappa shape index (κ2) is 5.45. The SMILES string of the molecule is CC(C)c1nn(C)c(Cl)c1C=C1C(=O)Nc2cc(Cl)ccc21. The summed E-state index contributed by atoms with van der Waals surface area (Å²) in [6.45, 7) is 4.09. The van der Waals surface area contributed by atoms with Gasteiger partial charge in [-0.3, -0.25) is 9.48 Å². The van der Waals surface area contributed by atoms with Crippen LogP contribution in [-0.4, -0.2) is 15.7 Å². The van der Waals surface area contributed by atoms with Crippen molar-refractivity contribution in [2.75, 3.05) is 5.32 Å². The lowest BCUT2D eigenvalue weighted by molar-refractivity contribution is -0.110. The Kier molecular flexibility index (Phi) is 3.75. The van der Waals surface area contributed by atoms with Gasteiger partial charge in [-0.15, -0.1) is 0 Å². The van der Waals surface area contributed by atoms with Crippen molar-refractivity contribution in [3.8, 4) is 0 Å². The van der Waals surface area contributed by atoms with Gasteiger partial charge in [0.1, 0.15) is 5.15 Å². The summed E-state index contributed by atoms with van der Waals surface area (Å²) in [5, 5.41) is 8.36.